The summed E-state index contributed by atoms with van der Waals surface area (Å²) in [5.41, 5.74) is 1.80. The van der Waals surface area contributed by atoms with E-state index in [9.17, 15) is 0 Å². The van der Waals surface area contributed by atoms with Crippen molar-refractivity contribution >= 4 is 24.3 Å². The van der Waals surface area contributed by atoms with Crippen LogP contribution in [0.5, 0.6) is 6.01 Å². The fraction of sp³-hybridized carbons (Fsp3) is 0.562. The van der Waals surface area contributed by atoms with Crippen molar-refractivity contribution in [2.75, 3.05) is 20.1 Å². The van der Waals surface area contributed by atoms with Gasteiger partial charge in [0.15, 0.2) is 12.0 Å². The molecule has 0 radical (unpaired) electrons. The van der Waals surface area contributed by atoms with E-state index in [0.717, 1.165) is 43.5 Å². The summed E-state index contributed by atoms with van der Waals surface area (Å²) in [6.07, 6.45) is 6.38. The van der Waals surface area contributed by atoms with Crippen LogP contribution in [0.25, 0.3) is 5.65 Å². The molecular weight excluding hydrogens is 320 g/mol. The first-order valence-electron chi connectivity index (χ1n) is 8.54. The first-order valence-corrected chi connectivity index (χ1v) is 8.54. The van der Waals surface area contributed by atoms with E-state index >= 15 is 0 Å². The normalized spacial score (nSPS) is 17.0. The fourth-order valence-electron chi connectivity index (χ4n) is 2.87. The molecule has 3 heterocycles. The van der Waals surface area contributed by atoms with E-state index in [4.69, 9.17) is 10.1 Å². The zero-order valence-electron chi connectivity index (χ0n) is 14.9. The Labute approximate surface area is 146 Å². The minimum atomic E-state index is 0.132. The van der Waals surface area contributed by atoms with Crippen LogP contribution in [0, 0.1) is 5.41 Å². The van der Waals surface area contributed by atoms with Gasteiger partial charge in [0.2, 0.25) is 0 Å². The highest BCUT2D eigenvalue weighted by Crippen LogP contribution is 2.22. The lowest BCUT2D eigenvalue weighted by Gasteiger charge is -2.28. The Bertz CT molecular complexity index is 761. The minimum absolute atomic E-state index is 0.132. The first kappa shape index (κ1) is 17.4. The van der Waals surface area contributed by atoms with E-state index in [0.29, 0.717) is 17.9 Å². The molecule has 2 aromatic heterocycles. The second-order valence-electron chi connectivity index (χ2n) is 6.57. The minimum Gasteiger partial charge on any atom is -0.460 e. The molecule has 0 saturated carbocycles. The number of aromatic nitrogens is 4. The second kappa shape index (κ2) is 7.66. The molecule has 2 aromatic rings. The van der Waals surface area contributed by atoms with Crippen LogP contribution in [0.15, 0.2) is 11.2 Å². The highest BCUT2D eigenvalue weighted by molar-refractivity contribution is 5.64. The van der Waals surface area contributed by atoms with Gasteiger partial charge in [-0.15, -0.1) is 9.50 Å². The van der Waals surface area contributed by atoms with Crippen molar-refractivity contribution in [3.8, 4) is 6.01 Å². The summed E-state index contributed by atoms with van der Waals surface area (Å²) < 4.78 is 7.75. The van der Waals surface area contributed by atoms with Crippen LogP contribution in [-0.4, -0.2) is 63.4 Å². The molecule has 3 rings (SSSR count). The number of nitrogens with two attached hydrogens (primary N) is 1. The van der Waals surface area contributed by atoms with Gasteiger partial charge in [-0.1, -0.05) is 13.8 Å². The largest absolute Gasteiger partial charge is 0.460 e. The quantitative estimate of drug-likeness (QED) is 0.587. The maximum Gasteiger partial charge on any atom is 0.339 e. The Balaban J connectivity index is 1.92. The van der Waals surface area contributed by atoms with Crippen molar-refractivity contribution in [3.63, 3.8) is 0 Å². The summed E-state index contributed by atoms with van der Waals surface area (Å²) >= 11 is 0. The Morgan fingerprint density at radius 1 is 1.36 bits per heavy atom. The number of nitrogens with zero attached hydrogens (tertiary/aromatic N) is 6. The number of hydrogen-bond acceptors (Lipinski definition) is 6. The SMILES string of the molecule is CC(C)c1cnn2c([NH2+]C=NC=N)nc(OC3CCN(C)CC3)nc12. The van der Waals surface area contributed by atoms with E-state index < -0.39 is 0 Å². The Kier molecular flexibility index (Phi) is 5.34. The van der Waals surface area contributed by atoms with Gasteiger partial charge in [-0.2, -0.15) is 15.1 Å². The van der Waals surface area contributed by atoms with Gasteiger partial charge in [0.05, 0.1) is 6.20 Å². The Hall–Kier alpha value is -2.39. The number of nitrogens with one attached hydrogen (secondary N) is 1. The predicted octanol–water partition coefficient (Wildman–Crippen LogP) is 0.551. The topological polar surface area (TPSA) is 108 Å². The van der Waals surface area contributed by atoms with Crippen LogP contribution in [0.4, 0.5) is 5.95 Å². The molecule has 0 aromatic carbocycles. The molecule has 1 aliphatic rings. The summed E-state index contributed by atoms with van der Waals surface area (Å²) in [6.45, 7) is 6.25. The lowest BCUT2D eigenvalue weighted by Crippen LogP contribution is -2.77. The van der Waals surface area contributed by atoms with Crippen LogP contribution >= 0.6 is 0 Å². The Morgan fingerprint density at radius 2 is 2.12 bits per heavy atom. The van der Waals surface area contributed by atoms with Crippen LogP contribution in [0.1, 0.15) is 38.2 Å². The van der Waals surface area contributed by atoms with E-state index in [1.165, 1.54) is 6.34 Å². The van der Waals surface area contributed by atoms with Gasteiger partial charge >= 0.3 is 12.0 Å². The van der Waals surface area contributed by atoms with Crippen LogP contribution < -0.4 is 10.1 Å². The Morgan fingerprint density at radius 3 is 2.80 bits per heavy atom. The third-order valence-electron chi connectivity index (χ3n) is 4.34. The standard InChI is InChI=1S/C16H24N8O/c1-11(2)13-8-20-24-14(13)21-16(22-15(24)19-10-18-9-17)25-12-4-6-23(3)7-5-12/h8-12H,4-7H2,1-3H3,(H2,17,18,19,21,22)/p+1. The molecule has 0 amide bonds. The maximum absolute atomic E-state index is 6.99. The summed E-state index contributed by atoms with van der Waals surface area (Å²) in [5.74, 6) is 0.886. The summed E-state index contributed by atoms with van der Waals surface area (Å²) in [6, 6.07) is 0.374. The third kappa shape index (κ3) is 3.99. The number of quaternary nitrogens is 1. The van der Waals surface area contributed by atoms with Crippen molar-refractivity contribution < 1.29 is 10.1 Å². The monoisotopic (exact) mass is 345 g/mol. The summed E-state index contributed by atoms with van der Waals surface area (Å²) in [5, 5.41) is 13.1. The molecule has 25 heavy (non-hydrogen) atoms. The van der Waals surface area contributed by atoms with Crippen molar-refractivity contribution in [1.29, 1.82) is 5.41 Å². The predicted molar refractivity (Wildman–Crippen MR) is 94.9 cm³/mol. The van der Waals surface area contributed by atoms with E-state index in [-0.39, 0.29) is 6.10 Å². The van der Waals surface area contributed by atoms with E-state index in [1.807, 2.05) is 6.20 Å². The number of piperidine rings is 1. The molecule has 9 heteroatoms. The molecular formula is C16H25N8O+. The number of hydrogen-bond donors (Lipinski definition) is 2. The zero-order valence-corrected chi connectivity index (χ0v) is 14.9. The molecule has 1 aliphatic heterocycles. The van der Waals surface area contributed by atoms with Gasteiger partial charge < -0.3 is 9.64 Å². The number of aliphatic imine (C=N–C) groups is 1. The molecule has 1 fully saturated rings. The van der Waals surface area contributed by atoms with Crippen molar-refractivity contribution in [2.24, 2.45) is 4.99 Å². The van der Waals surface area contributed by atoms with Gasteiger partial charge in [-0.25, -0.2) is 5.32 Å². The lowest BCUT2D eigenvalue weighted by molar-refractivity contribution is -0.444. The lowest BCUT2D eigenvalue weighted by atomic mass is 10.1. The average Bonchev–Trinajstić information content (AvgIpc) is 3.01. The van der Waals surface area contributed by atoms with E-state index in [2.05, 4.69) is 45.9 Å². The average molecular weight is 345 g/mol. The molecule has 0 unspecified atom stereocenters. The number of rotatable bonds is 6. The molecule has 1 saturated heterocycles. The molecule has 0 atom stereocenters. The number of fused-ring (bicyclic) bond motifs is 1. The highest BCUT2D eigenvalue weighted by atomic mass is 16.5. The van der Waals surface area contributed by atoms with Crippen LogP contribution in [-0.2, 0) is 0 Å². The van der Waals surface area contributed by atoms with Crippen molar-refractivity contribution in [1.82, 2.24) is 24.5 Å². The molecule has 134 valence electrons. The second-order valence-corrected chi connectivity index (χ2v) is 6.57. The number of likely N-dealkylation sites (tertiary alicyclic amines) is 1. The zero-order chi connectivity index (χ0) is 17.8. The van der Waals surface area contributed by atoms with Crippen LogP contribution in [0.2, 0.25) is 0 Å². The molecule has 3 N–H and O–H groups in total. The van der Waals surface area contributed by atoms with Gasteiger partial charge in [0.25, 0.3) is 0 Å². The van der Waals surface area contributed by atoms with Gasteiger partial charge in [-0.05, 0) is 25.8 Å². The van der Waals surface area contributed by atoms with Crippen LogP contribution in [0.3, 0.4) is 0 Å². The smallest absolute Gasteiger partial charge is 0.339 e. The van der Waals surface area contributed by atoms with Gasteiger partial charge in [0, 0.05) is 18.7 Å². The van der Waals surface area contributed by atoms with Crippen molar-refractivity contribution in [3.05, 3.63) is 11.8 Å². The van der Waals surface area contributed by atoms with E-state index in [1.54, 1.807) is 9.83 Å². The fourth-order valence-corrected chi connectivity index (χ4v) is 2.87. The molecule has 0 aliphatic carbocycles. The van der Waals surface area contributed by atoms with Gasteiger partial charge in [-0.3, -0.25) is 5.41 Å². The number of ether oxygens (including phenoxy) is 1. The molecule has 9 nitrogen and oxygen atoms in total. The van der Waals surface area contributed by atoms with Crippen molar-refractivity contribution in [2.45, 2.75) is 38.7 Å². The highest BCUT2D eigenvalue weighted by Gasteiger charge is 2.22. The summed E-state index contributed by atoms with van der Waals surface area (Å²) in [7, 11) is 2.12. The molecule has 0 spiro atoms. The summed E-state index contributed by atoms with van der Waals surface area (Å²) in [4.78, 5) is 15.2. The third-order valence-corrected chi connectivity index (χ3v) is 4.34. The maximum atomic E-state index is 6.99. The van der Waals surface area contributed by atoms with Gasteiger partial charge in [0.1, 0.15) is 12.4 Å². The molecule has 0 bridgehead atoms. The first-order chi connectivity index (χ1) is 12.1.